The molecule has 4 rings (SSSR count). The second-order valence-corrected chi connectivity index (χ2v) is 10.6. The Bertz CT molecular complexity index is 1020. The van der Waals surface area contributed by atoms with E-state index in [-0.39, 0.29) is 23.4 Å². The zero-order valence-electron chi connectivity index (χ0n) is 18.6. The highest BCUT2D eigenvalue weighted by molar-refractivity contribution is 7.91. The Balaban J connectivity index is 1.43. The lowest BCUT2D eigenvalue weighted by Crippen LogP contribution is -2.38. The monoisotopic (exact) mass is 460 g/mol. The summed E-state index contributed by atoms with van der Waals surface area (Å²) in [6.07, 6.45) is 6.89. The van der Waals surface area contributed by atoms with Gasteiger partial charge in [-0.25, -0.2) is 18.4 Å². The Kier molecular flexibility index (Phi) is 7.27. The Hall–Kier alpha value is -2.23. The third kappa shape index (κ3) is 5.22. The highest BCUT2D eigenvalue weighted by atomic mass is 32.2. The molecule has 1 aromatic carbocycles. The SMILES string of the molecule is CCCCN1CCC(Oc2cc(N3CCc4cc(S(=O)(=O)CCO)ccc43)ncn2)CC1. The number of rotatable bonds is 9. The number of anilines is 2. The molecule has 0 saturated carbocycles. The van der Waals surface area contributed by atoms with E-state index in [4.69, 9.17) is 9.84 Å². The second kappa shape index (κ2) is 10.1. The summed E-state index contributed by atoms with van der Waals surface area (Å²) in [7, 11) is -3.46. The molecule has 0 unspecified atom stereocenters. The highest BCUT2D eigenvalue weighted by Crippen LogP contribution is 2.36. The number of ether oxygens (including phenoxy) is 1. The molecule has 0 atom stereocenters. The molecule has 0 spiro atoms. The zero-order valence-corrected chi connectivity index (χ0v) is 19.4. The molecular formula is C23H32N4O4S. The summed E-state index contributed by atoms with van der Waals surface area (Å²) in [5, 5.41) is 9.02. The van der Waals surface area contributed by atoms with Gasteiger partial charge in [0, 0.05) is 31.4 Å². The quantitative estimate of drug-likeness (QED) is 0.610. The van der Waals surface area contributed by atoms with Crippen molar-refractivity contribution in [2.45, 2.75) is 50.0 Å². The molecule has 1 aromatic heterocycles. The van der Waals surface area contributed by atoms with Gasteiger partial charge in [-0.3, -0.25) is 0 Å². The summed E-state index contributed by atoms with van der Waals surface area (Å²) in [6.45, 7) is 5.84. The summed E-state index contributed by atoms with van der Waals surface area (Å²) < 4.78 is 30.7. The van der Waals surface area contributed by atoms with Crippen LogP contribution in [0.25, 0.3) is 0 Å². The van der Waals surface area contributed by atoms with E-state index in [1.54, 1.807) is 12.1 Å². The van der Waals surface area contributed by atoms with Crippen LogP contribution < -0.4 is 9.64 Å². The molecule has 32 heavy (non-hydrogen) atoms. The van der Waals surface area contributed by atoms with Crippen LogP contribution in [0.3, 0.4) is 0 Å². The van der Waals surface area contributed by atoms with Gasteiger partial charge in [-0.2, -0.15) is 0 Å². The van der Waals surface area contributed by atoms with E-state index in [0.29, 0.717) is 12.4 Å². The first-order chi connectivity index (χ1) is 15.5. The molecule has 1 N–H and O–H groups in total. The fourth-order valence-electron chi connectivity index (χ4n) is 4.39. The lowest BCUT2D eigenvalue weighted by atomic mass is 10.1. The van der Waals surface area contributed by atoms with Crippen LogP contribution in [0.1, 0.15) is 38.2 Å². The molecule has 0 amide bonds. The van der Waals surface area contributed by atoms with E-state index < -0.39 is 9.84 Å². The number of unbranched alkanes of at least 4 members (excludes halogenated alkanes) is 1. The maximum absolute atomic E-state index is 12.3. The number of fused-ring (bicyclic) bond motifs is 1. The second-order valence-electron chi connectivity index (χ2n) is 8.46. The van der Waals surface area contributed by atoms with Gasteiger partial charge >= 0.3 is 0 Å². The average Bonchev–Trinajstić information content (AvgIpc) is 3.22. The third-order valence-corrected chi connectivity index (χ3v) is 7.91. The van der Waals surface area contributed by atoms with Crippen molar-refractivity contribution in [1.82, 2.24) is 14.9 Å². The Labute approximate surface area is 190 Å². The Morgan fingerprint density at radius 2 is 1.97 bits per heavy atom. The van der Waals surface area contributed by atoms with E-state index >= 15 is 0 Å². The first-order valence-corrected chi connectivity index (χ1v) is 13.1. The molecule has 174 valence electrons. The predicted octanol–water partition coefficient (Wildman–Crippen LogP) is 2.58. The average molecular weight is 461 g/mol. The van der Waals surface area contributed by atoms with Gasteiger partial charge in [-0.15, -0.1) is 0 Å². The largest absolute Gasteiger partial charge is 0.474 e. The minimum Gasteiger partial charge on any atom is -0.474 e. The number of hydrogen-bond acceptors (Lipinski definition) is 8. The molecule has 0 radical (unpaired) electrons. The molecule has 9 heteroatoms. The topological polar surface area (TPSA) is 95.9 Å². The molecule has 1 saturated heterocycles. The van der Waals surface area contributed by atoms with Gasteiger partial charge in [0.2, 0.25) is 5.88 Å². The highest BCUT2D eigenvalue weighted by Gasteiger charge is 2.25. The van der Waals surface area contributed by atoms with Gasteiger partial charge in [0.05, 0.1) is 17.3 Å². The van der Waals surface area contributed by atoms with Crippen molar-refractivity contribution in [3.8, 4) is 5.88 Å². The van der Waals surface area contributed by atoms with Crippen LogP contribution in [0.2, 0.25) is 0 Å². The van der Waals surface area contributed by atoms with Crippen molar-refractivity contribution in [2.24, 2.45) is 0 Å². The lowest BCUT2D eigenvalue weighted by molar-refractivity contribution is 0.0961. The Morgan fingerprint density at radius 1 is 1.16 bits per heavy atom. The number of hydrogen-bond donors (Lipinski definition) is 1. The number of aliphatic hydroxyl groups is 1. The van der Waals surface area contributed by atoms with Gasteiger partial charge in [0.1, 0.15) is 18.2 Å². The third-order valence-electron chi connectivity index (χ3n) is 6.22. The Morgan fingerprint density at radius 3 is 2.72 bits per heavy atom. The lowest BCUT2D eigenvalue weighted by Gasteiger charge is -2.31. The summed E-state index contributed by atoms with van der Waals surface area (Å²) in [5.41, 5.74) is 1.91. The summed E-state index contributed by atoms with van der Waals surface area (Å²) in [6, 6.07) is 7.01. The summed E-state index contributed by atoms with van der Waals surface area (Å²) in [5.74, 6) is 1.07. The summed E-state index contributed by atoms with van der Waals surface area (Å²) in [4.78, 5) is 13.6. The molecule has 2 aliphatic heterocycles. The van der Waals surface area contributed by atoms with Crippen molar-refractivity contribution in [3.05, 3.63) is 36.2 Å². The molecular weight excluding hydrogens is 428 g/mol. The first-order valence-electron chi connectivity index (χ1n) is 11.5. The van der Waals surface area contributed by atoms with Crippen LogP contribution in [-0.2, 0) is 16.3 Å². The van der Waals surface area contributed by atoms with Crippen molar-refractivity contribution in [1.29, 1.82) is 0 Å². The van der Waals surface area contributed by atoms with E-state index in [2.05, 4.69) is 26.7 Å². The fourth-order valence-corrected chi connectivity index (χ4v) is 5.47. The molecule has 8 nitrogen and oxygen atoms in total. The first kappa shape index (κ1) is 22.9. The number of aliphatic hydroxyl groups excluding tert-OH is 1. The van der Waals surface area contributed by atoms with E-state index in [1.807, 2.05) is 12.1 Å². The minimum atomic E-state index is -3.46. The van der Waals surface area contributed by atoms with Gasteiger partial charge in [0.25, 0.3) is 0 Å². The van der Waals surface area contributed by atoms with Crippen LogP contribution >= 0.6 is 0 Å². The van der Waals surface area contributed by atoms with E-state index in [0.717, 1.165) is 56.0 Å². The van der Waals surface area contributed by atoms with Crippen LogP contribution in [0.5, 0.6) is 5.88 Å². The molecule has 2 aromatic rings. The van der Waals surface area contributed by atoms with Crippen LogP contribution in [-0.4, -0.2) is 73.0 Å². The normalized spacial score (nSPS) is 17.5. The molecule has 3 heterocycles. The standard InChI is InChI=1S/C23H32N4O4S/c1-2-3-9-26-10-7-19(8-11-26)31-23-16-22(24-17-25-23)27-12-6-18-15-20(4-5-21(18)27)32(29,30)14-13-28/h4-5,15-17,19,28H,2-3,6-14H2,1H3. The van der Waals surface area contributed by atoms with Crippen LogP contribution in [0, 0.1) is 0 Å². The van der Waals surface area contributed by atoms with Crippen molar-refractivity contribution in [2.75, 3.05) is 43.4 Å². The smallest absolute Gasteiger partial charge is 0.218 e. The van der Waals surface area contributed by atoms with Gasteiger partial charge in [0.15, 0.2) is 9.84 Å². The number of piperidine rings is 1. The van der Waals surface area contributed by atoms with Crippen LogP contribution in [0.4, 0.5) is 11.5 Å². The number of benzene rings is 1. The number of nitrogens with zero attached hydrogens (tertiary/aromatic N) is 4. The van der Waals surface area contributed by atoms with Gasteiger partial charge in [-0.05, 0) is 56.0 Å². The van der Waals surface area contributed by atoms with Gasteiger partial charge in [-0.1, -0.05) is 13.3 Å². The molecule has 2 aliphatic rings. The van der Waals surface area contributed by atoms with Crippen LogP contribution in [0.15, 0.2) is 35.5 Å². The van der Waals surface area contributed by atoms with Crippen molar-refractivity contribution in [3.63, 3.8) is 0 Å². The number of sulfone groups is 1. The molecule has 0 bridgehead atoms. The maximum atomic E-state index is 12.3. The maximum Gasteiger partial charge on any atom is 0.218 e. The molecule has 0 aliphatic carbocycles. The minimum absolute atomic E-state index is 0.167. The van der Waals surface area contributed by atoms with Crippen molar-refractivity contribution >= 4 is 21.3 Å². The predicted molar refractivity (Wildman–Crippen MR) is 123 cm³/mol. The van der Waals surface area contributed by atoms with E-state index in [9.17, 15) is 8.42 Å². The van der Waals surface area contributed by atoms with Crippen molar-refractivity contribution < 1.29 is 18.3 Å². The number of likely N-dealkylation sites (tertiary alicyclic amines) is 1. The molecule has 1 fully saturated rings. The fraction of sp³-hybridized carbons (Fsp3) is 0.565. The zero-order chi connectivity index (χ0) is 22.6. The van der Waals surface area contributed by atoms with Gasteiger partial charge < -0.3 is 19.6 Å². The number of aromatic nitrogens is 2. The van der Waals surface area contributed by atoms with E-state index in [1.165, 1.54) is 19.2 Å². The summed E-state index contributed by atoms with van der Waals surface area (Å²) >= 11 is 0.